The zero-order valence-electron chi connectivity index (χ0n) is 16.6. The van der Waals surface area contributed by atoms with E-state index in [0.717, 1.165) is 27.3 Å². The van der Waals surface area contributed by atoms with Gasteiger partial charge in [0, 0.05) is 23.4 Å². The second kappa shape index (κ2) is 10.9. The lowest BCUT2D eigenvalue weighted by molar-refractivity contribution is -2.00. The highest BCUT2D eigenvalue weighted by atomic mass is 35.7. The molecule has 0 atom stereocenters. The van der Waals surface area contributed by atoms with Crippen LogP contribution in [0.3, 0.4) is 0 Å². The molecular weight excluding hydrogens is 450 g/mol. The van der Waals surface area contributed by atoms with Gasteiger partial charge < -0.3 is 5.32 Å². The topological polar surface area (TPSA) is 121 Å². The van der Waals surface area contributed by atoms with E-state index >= 15 is 0 Å². The predicted molar refractivity (Wildman–Crippen MR) is 114 cm³/mol. The van der Waals surface area contributed by atoms with E-state index in [4.69, 9.17) is 18.6 Å². The maximum atomic E-state index is 12.9. The summed E-state index contributed by atoms with van der Waals surface area (Å²) in [6, 6.07) is 34.0. The number of anilines is 1. The normalized spacial score (nSPS) is 10.6. The zero-order valence-corrected chi connectivity index (χ0v) is 18.2. The Morgan fingerprint density at radius 3 is 1.66 bits per heavy atom. The monoisotopic (exact) mass is 467 g/mol. The maximum absolute atomic E-state index is 12.9. The van der Waals surface area contributed by atoms with Gasteiger partial charge in [0.1, 0.15) is 0 Å². The highest BCUT2D eigenvalue weighted by Crippen LogP contribution is 2.32. The second-order valence-corrected chi connectivity index (χ2v) is 8.34. The van der Waals surface area contributed by atoms with Crippen LogP contribution >= 0.6 is 11.3 Å². The van der Waals surface area contributed by atoms with Gasteiger partial charge in [0.25, 0.3) is 4.88 Å². The third-order valence-electron chi connectivity index (χ3n) is 4.21. The van der Waals surface area contributed by atoms with Crippen molar-refractivity contribution < 1.29 is 33.7 Å². The van der Waals surface area contributed by atoms with Gasteiger partial charge in [-0.2, -0.15) is 0 Å². The minimum absolute atomic E-state index is 0.0961. The van der Waals surface area contributed by atoms with Crippen LogP contribution in [0.15, 0.2) is 103 Å². The van der Waals surface area contributed by atoms with Crippen molar-refractivity contribution in [1.82, 2.24) is 0 Å². The molecule has 0 bridgehead atoms. The lowest BCUT2D eigenvalue weighted by Gasteiger charge is -2.17. The Hall–Kier alpha value is -3.17. The van der Waals surface area contributed by atoms with Crippen molar-refractivity contribution >= 4 is 22.9 Å². The lowest BCUT2D eigenvalue weighted by atomic mass is 10.1. The van der Waals surface area contributed by atoms with Gasteiger partial charge in [-0.1, -0.05) is 66.7 Å². The number of amides is 1. The molecule has 4 aromatic rings. The molecule has 8 heteroatoms. The molecule has 4 rings (SSSR count). The van der Waals surface area contributed by atoms with Gasteiger partial charge in [0.2, 0.25) is 16.2 Å². The average molecular weight is 468 g/mol. The van der Waals surface area contributed by atoms with Crippen LogP contribution in [0, 0.1) is 10.2 Å². The number of para-hydroxylation sites is 1. The van der Waals surface area contributed by atoms with Crippen LogP contribution in [0.2, 0.25) is 0 Å². The first-order valence-corrected chi connectivity index (χ1v) is 11.4. The van der Waals surface area contributed by atoms with Gasteiger partial charge in [-0.05, 0) is 35.4 Å². The summed E-state index contributed by atoms with van der Waals surface area (Å²) in [5.74, 6) is -0.0961. The Balaban J connectivity index is 0.000000523. The highest BCUT2D eigenvalue weighted by Gasteiger charge is 2.23. The molecule has 0 spiro atoms. The van der Waals surface area contributed by atoms with Crippen molar-refractivity contribution in [2.24, 2.45) is 0 Å². The molecule has 0 unspecified atom stereocenters. The smallest absolute Gasteiger partial charge is 0.314 e. The van der Waals surface area contributed by atoms with Gasteiger partial charge in [0.15, 0.2) is 0 Å². The summed E-state index contributed by atoms with van der Waals surface area (Å²) in [6.45, 7) is 0. The molecule has 1 amide bonds. The quantitative estimate of drug-likeness (QED) is 0.459. The first-order valence-electron chi connectivity index (χ1n) is 9.37. The molecule has 6 nitrogen and oxygen atoms in total. The molecule has 0 fully saturated rings. The van der Waals surface area contributed by atoms with E-state index in [2.05, 4.69) is 35.6 Å². The number of carbonyl (C=O) groups excluding carboxylic acids is 1. The van der Waals surface area contributed by atoms with Crippen LogP contribution in [0.25, 0.3) is 21.6 Å². The Morgan fingerprint density at radius 2 is 1.12 bits per heavy atom. The molecule has 0 aliphatic rings. The van der Waals surface area contributed by atoms with Crippen molar-refractivity contribution in [2.75, 3.05) is 5.32 Å². The van der Waals surface area contributed by atoms with Crippen LogP contribution in [-0.4, -0.2) is 5.91 Å². The molecule has 0 saturated heterocycles. The maximum Gasteiger partial charge on any atom is 0.314 e. The van der Waals surface area contributed by atoms with Crippen LogP contribution in [0.4, 0.5) is 5.69 Å². The summed E-state index contributed by atoms with van der Waals surface area (Å²) in [4.78, 5) is 14.6. The fourth-order valence-corrected chi connectivity index (χ4v) is 3.88. The number of hydrogen-bond donors (Lipinski definition) is 1. The summed E-state index contributed by atoms with van der Waals surface area (Å²) in [6.07, 6.45) is 0. The molecule has 3 aromatic carbocycles. The minimum atomic E-state index is -4.94. The van der Waals surface area contributed by atoms with Gasteiger partial charge in [-0.25, -0.2) is 18.6 Å². The number of benzene rings is 3. The number of halogens is 1. The van der Waals surface area contributed by atoms with E-state index in [1.54, 1.807) is 0 Å². The van der Waals surface area contributed by atoms with Crippen molar-refractivity contribution in [1.29, 1.82) is 0 Å². The van der Waals surface area contributed by atoms with Gasteiger partial charge in [-0.15, -0.1) is 10.2 Å². The predicted octanol–water partition coefficient (Wildman–Crippen LogP) is 1.86. The zero-order chi connectivity index (χ0) is 23.0. The van der Waals surface area contributed by atoms with E-state index in [1.165, 1.54) is 11.3 Å². The summed E-state index contributed by atoms with van der Waals surface area (Å²) in [7, 11) is -4.94. The molecule has 1 aromatic heterocycles. The molecule has 0 aliphatic carbocycles. The molecule has 0 radical (unpaired) electrons. The highest BCUT2D eigenvalue weighted by molar-refractivity contribution is 7.17. The Bertz CT molecular complexity index is 1090. The van der Waals surface area contributed by atoms with E-state index < -0.39 is 10.2 Å². The SMILES string of the molecule is O=C(Nc1ccccc1)c1cc(-c2ccccc2)cc(-c2ccccc2)[s+]1.[O-][Cl+3]([O-])([O-])[O-]. The van der Waals surface area contributed by atoms with Gasteiger partial charge >= 0.3 is 5.91 Å². The van der Waals surface area contributed by atoms with Crippen molar-refractivity contribution in [3.8, 4) is 21.6 Å². The van der Waals surface area contributed by atoms with Gasteiger partial charge in [-0.3, -0.25) is 4.79 Å². The fourth-order valence-electron chi connectivity index (χ4n) is 2.87. The van der Waals surface area contributed by atoms with E-state index in [-0.39, 0.29) is 5.91 Å². The summed E-state index contributed by atoms with van der Waals surface area (Å²) in [5.41, 5.74) is 4.03. The summed E-state index contributed by atoms with van der Waals surface area (Å²) >= 11 is 1.50. The molecular formula is C24H18ClNO5S. The summed E-state index contributed by atoms with van der Waals surface area (Å²) < 4.78 is 34.0. The Morgan fingerprint density at radius 1 is 0.656 bits per heavy atom. The molecule has 32 heavy (non-hydrogen) atoms. The number of rotatable bonds is 4. The Labute approximate surface area is 191 Å². The lowest BCUT2D eigenvalue weighted by Crippen LogP contribution is -2.68. The van der Waals surface area contributed by atoms with E-state index in [9.17, 15) is 4.79 Å². The molecule has 0 aliphatic heterocycles. The van der Waals surface area contributed by atoms with Crippen molar-refractivity contribution in [2.45, 2.75) is 0 Å². The Kier molecular flexibility index (Phi) is 8.02. The molecule has 1 N–H and O–H groups in total. The molecule has 1 heterocycles. The van der Waals surface area contributed by atoms with E-state index in [0.29, 0.717) is 4.88 Å². The van der Waals surface area contributed by atoms with Crippen LogP contribution in [-0.2, 0) is 0 Å². The first kappa shape index (κ1) is 23.5. The largest absolute Gasteiger partial charge is 0.318 e. The first-order chi connectivity index (χ1) is 15.3. The molecule has 0 saturated carbocycles. The van der Waals surface area contributed by atoms with Crippen LogP contribution in [0.1, 0.15) is 9.67 Å². The third kappa shape index (κ3) is 7.51. The number of nitrogens with one attached hydrogen (secondary N) is 1. The van der Waals surface area contributed by atoms with Crippen molar-refractivity contribution in [3.05, 3.63) is 108 Å². The van der Waals surface area contributed by atoms with Crippen LogP contribution < -0.4 is 24.0 Å². The standard InChI is InChI=1S/C24H17NOS.ClHO4/c26-24(25-21-14-8-3-9-15-21)23-17-20(18-10-4-1-5-11-18)16-22(27-23)19-12-6-2-7-13-19;2-1(3,4)5/h1-17H;(H,2,3,4,5). The summed E-state index contributed by atoms with van der Waals surface area (Å²) in [5, 5.41) is 2.99. The number of carbonyl (C=O) groups is 1. The van der Waals surface area contributed by atoms with Gasteiger partial charge in [0.05, 0.1) is 0 Å². The minimum Gasteiger partial charge on any atom is -0.318 e. The average Bonchev–Trinajstić information content (AvgIpc) is 2.79. The second-order valence-electron chi connectivity index (χ2n) is 6.50. The molecule has 162 valence electrons. The van der Waals surface area contributed by atoms with Crippen molar-refractivity contribution in [3.63, 3.8) is 0 Å². The van der Waals surface area contributed by atoms with Crippen LogP contribution in [0.5, 0.6) is 0 Å². The third-order valence-corrected chi connectivity index (χ3v) is 5.31. The number of hydrogen-bond acceptors (Lipinski definition) is 5. The fraction of sp³-hybridized carbons (Fsp3) is 0. The van der Waals surface area contributed by atoms with E-state index in [1.807, 2.05) is 72.8 Å².